The Labute approximate surface area is 186 Å². The highest BCUT2D eigenvalue weighted by Crippen LogP contribution is 2.35. The Hall–Kier alpha value is -3.24. The second-order valence-electron chi connectivity index (χ2n) is 6.88. The van der Waals surface area contributed by atoms with Crippen molar-refractivity contribution >= 4 is 29.0 Å². The SMILES string of the molecule is CCCCN1C(=O)S/C(=C\c2ccc(OCc3ccccc3C#N)c(OCC)c2)C1=O. The summed E-state index contributed by atoms with van der Waals surface area (Å²) in [5.74, 6) is 0.827. The minimum atomic E-state index is -0.255. The highest BCUT2D eigenvalue weighted by Gasteiger charge is 2.34. The van der Waals surface area contributed by atoms with E-state index in [1.54, 1.807) is 24.3 Å². The first-order valence-electron chi connectivity index (χ1n) is 10.2. The lowest BCUT2D eigenvalue weighted by Gasteiger charge is -2.13. The molecule has 0 N–H and O–H groups in total. The van der Waals surface area contributed by atoms with Gasteiger partial charge < -0.3 is 9.47 Å². The number of nitriles is 1. The minimum absolute atomic E-state index is 0.231. The van der Waals surface area contributed by atoms with E-state index in [2.05, 4.69) is 6.07 Å². The molecule has 3 rings (SSSR count). The predicted molar refractivity (Wildman–Crippen MR) is 121 cm³/mol. The van der Waals surface area contributed by atoms with Gasteiger partial charge in [-0.15, -0.1) is 0 Å². The summed E-state index contributed by atoms with van der Waals surface area (Å²) in [6.07, 6.45) is 3.41. The monoisotopic (exact) mass is 436 g/mol. The van der Waals surface area contributed by atoms with Gasteiger partial charge in [-0.2, -0.15) is 5.26 Å². The zero-order valence-electron chi connectivity index (χ0n) is 17.6. The standard InChI is InChI=1S/C24H24N2O4S/c1-3-5-12-26-23(27)22(31-24(26)28)14-17-10-11-20(21(13-17)29-4-2)30-16-19-9-7-6-8-18(19)15-25/h6-11,13-14H,3-5,12,16H2,1-2H3/b22-14-. The quantitative estimate of drug-likeness (QED) is 0.492. The summed E-state index contributed by atoms with van der Waals surface area (Å²) in [5, 5.41) is 9.01. The fourth-order valence-electron chi connectivity index (χ4n) is 3.07. The van der Waals surface area contributed by atoms with E-state index in [-0.39, 0.29) is 17.8 Å². The van der Waals surface area contributed by atoms with Crippen LogP contribution in [-0.2, 0) is 11.4 Å². The van der Waals surface area contributed by atoms with Gasteiger partial charge in [0, 0.05) is 12.1 Å². The Balaban J connectivity index is 1.79. The molecule has 0 spiro atoms. The molecule has 1 fully saturated rings. The smallest absolute Gasteiger partial charge is 0.293 e. The van der Waals surface area contributed by atoms with Gasteiger partial charge in [-0.3, -0.25) is 14.5 Å². The maximum atomic E-state index is 12.6. The number of rotatable bonds is 9. The number of unbranched alkanes of at least 4 members (excludes halogenated alkanes) is 1. The van der Waals surface area contributed by atoms with Gasteiger partial charge >= 0.3 is 0 Å². The third kappa shape index (κ3) is 5.47. The normalized spacial score (nSPS) is 14.7. The molecule has 1 aliphatic heterocycles. The molecule has 0 aromatic heterocycles. The van der Waals surface area contributed by atoms with E-state index in [9.17, 15) is 14.9 Å². The van der Waals surface area contributed by atoms with Gasteiger partial charge in [0.1, 0.15) is 6.61 Å². The van der Waals surface area contributed by atoms with Crippen LogP contribution in [0.3, 0.4) is 0 Å². The largest absolute Gasteiger partial charge is 0.490 e. The van der Waals surface area contributed by atoms with E-state index in [4.69, 9.17) is 9.47 Å². The van der Waals surface area contributed by atoms with Crippen LogP contribution >= 0.6 is 11.8 Å². The van der Waals surface area contributed by atoms with Crippen molar-refractivity contribution in [3.63, 3.8) is 0 Å². The van der Waals surface area contributed by atoms with E-state index >= 15 is 0 Å². The Morgan fingerprint density at radius 3 is 2.65 bits per heavy atom. The molecule has 1 aliphatic rings. The van der Waals surface area contributed by atoms with Crippen LogP contribution < -0.4 is 9.47 Å². The number of ether oxygens (including phenoxy) is 2. The highest BCUT2D eigenvalue weighted by atomic mass is 32.2. The van der Waals surface area contributed by atoms with Crippen LogP contribution in [0.4, 0.5) is 4.79 Å². The number of hydrogen-bond donors (Lipinski definition) is 0. The maximum Gasteiger partial charge on any atom is 0.293 e. The first-order valence-corrected chi connectivity index (χ1v) is 11.0. The van der Waals surface area contributed by atoms with Crippen LogP contribution in [0.1, 0.15) is 43.4 Å². The summed E-state index contributed by atoms with van der Waals surface area (Å²) in [6, 6.07) is 14.8. The number of hydrogen-bond acceptors (Lipinski definition) is 6. The first kappa shape index (κ1) is 22.4. The van der Waals surface area contributed by atoms with Crippen LogP contribution in [-0.4, -0.2) is 29.2 Å². The lowest BCUT2D eigenvalue weighted by Crippen LogP contribution is -2.29. The zero-order chi connectivity index (χ0) is 22.2. The van der Waals surface area contributed by atoms with Crippen molar-refractivity contribution in [2.45, 2.75) is 33.3 Å². The Kier molecular flexibility index (Phi) is 7.74. The highest BCUT2D eigenvalue weighted by molar-refractivity contribution is 8.18. The van der Waals surface area contributed by atoms with Crippen molar-refractivity contribution in [3.8, 4) is 17.6 Å². The number of thioether (sulfide) groups is 1. The molecular formula is C24H24N2O4S. The van der Waals surface area contributed by atoms with Gasteiger partial charge in [0.25, 0.3) is 11.1 Å². The molecule has 0 atom stereocenters. The molecule has 1 saturated heterocycles. The number of benzene rings is 2. The van der Waals surface area contributed by atoms with Crippen LogP contribution in [0.2, 0.25) is 0 Å². The molecule has 1 heterocycles. The summed E-state index contributed by atoms with van der Waals surface area (Å²) in [5.41, 5.74) is 2.10. The van der Waals surface area contributed by atoms with Gasteiger partial charge in [-0.25, -0.2) is 0 Å². The predicted octanol–water partition coefficient (Wildman–Crippen LogP) is 5.37. The van der Waals surface area contributed by atoms with Gasteiger partial charge in [-0.1, -0.05) is 37.6 Å². The number of nitrogens with zero attached hydrogens (tertiary/aromatic N) is 2. The van der Waals surface area contributed by atoms with E-state index in [1.165, 1.54) is 4.90 Å². The fourth-order valence-corrected chi connectivity index (χ4v) is 3.94. The van der Waals surface area contributed by atoms with Gasteiger partial charge in [0.2, 0.25) is 0 Å². The molecular weight excluding hydrogens is 412 g/mol. The molecule has 2 aromatic rings. The average Bonchev–Trinajstić information content (AvgIpc) is 3.04. The molecule has 7 heteroatoms. The molecule has 0 aliphatic carbocycles. The molecule has 0 bridgehead atoms. The molecule has 2 amide bonds. The topological polar surface area (TPSA) is 79.6 Å². The second kappa shape index (κ2) is 10.7. The molecule has 0 unspecified atom stereocenters. The summed E-state index contributed by atoms with van der Waals surface area (Å²) in [7, 11) is 0. The van der Waals surface area contributed by atoms with Crippen LogP contribution in [0.25, 0.3) is 6.08 Å². The number of carbonyl (C=O) groups is 2. The Morgan fingerprint density at radius 2 is 1.90 bits per heavy atom. The van der Waals surface area contributed by atoms with E-state index in [0.29, 0.717) is 35.1 Å². The maximum absolute atomic E-state index is 12.6. The van der Waals surface area contributed by atoms with E-state index < -0.39 is 0 Å². The van der Waals surface area contributed by atoms with Crippen LogP contribution in [0, 0.1) is 11.3 Å². The van der Waals surface area contributed by atoms with Crippen molar-refractivity contribution in [3.05, 3.63) is 64.1 Å². The summed E-state index contributed by atoms with van der Waals surface area (Å²) < 4.78 is 11.6. The molecule has 0 radical (unpaired) electrons. The average molecular weight is 437 g/mol. The van der Waals surface area contributed by atoms with Crippen LogP contribution in [0.5, 0.6) is 11.5 Å². The summed E-state index contributed by atoms with van der Waals surface area (Å²) >= 11 is 0.958. The van der Waals surface area contributed by atoms with Gasteiger partial charge in [-0.05, 0) is 54.9 Å². The van der Waals surface area contributed by atoms with Crippen LogP contribution in [0.15, 0.2) is 47.4 Å². The lowest BCUT2D eigenvalue weighted by atomic mass is 10.1. The van der Waals surface area contributed by atoms with E-state index in [0.717, 1.165) is 35.7 Å². The number of amides is 2. The van der Waals surface area contributed by atoms with Crippen molar-refractivity contribution < 1.29 is 19.1 Å². The molecule has 31 heavy (non-hydrogen) atoms. The first-order chi connectivity index (χ1) is 15.1. The summed E-state index contributed by atoms with van der Waals surface area (Å²) in [6.45, 7) is 5.02. The van der Waals surface area contributed by atoms with Gasteiger partial charge in [0.05, 0.1) is 23.1 Å². The van der Waals surface area contributed by atoms with Gasteiger partial charge in [0.15, 0.2) is 11.5 Å². The summed E-state index contributed by atoms with van der Waals surface area (Å²) in [4.78, 5) is 26.4. The molecule has 0 saturated carbocycles. The van der Waals surface area contributed by atoms with Crippen molar-refractivity contribution in [1.29, 1.82) is 5.26 Å². The molecule has 6 nitrogen and oxygen atoms in total. The Morgan fingerprint density at radius 1 is 1.10 bits per heavy atom. The van der Waals surface area contributed by atoms with E-state index in [1.807, 2.05) is 38.1 Å². The number of imide groups is 1. The third-order valence-electron chi connectivity index (χ3n) is 4.70. The minimum Gasteiger partial charge on any atom is -0.490 e. The second-order valence-corrected chi connectivity index (χ2v) is 7.88. The Bertz CT molecular complexity index is 1040. The fraction of sp³-hybridized carbons (Fsp3) is 0.292. The van der Waals surface area contributed by atoms with Crippen molar-refractivity contribution in [2.24, 2.45) is 0 Å². The molecule has 160 valence electrons. The van der Waals surface area contributed by atoms with Crippen molar-refractivity contribution in [1.82, 2.24) is 4.90 Å². The molecule has 2 aromatic carbocycles. The lowest BCUT2D eigenvalue weighted by molar-refractivity contribution is -0.122. The zero-order valence-corrected chi connectivity index (χ0v) is 18.4. The van der Waals surface area contributed by atoms with Crippen molar-refractivity contribution in [2.75, 3.05) is 13.2 Å². The number of carbonyl (C=O) groups excluding carboxylic acids is 2. The third-order valence-corrected chi connectivity index (χ3v) is 5.60.